The van der Waals surface area contributed by atoms with Crippen LogP contribution >= 0.6 is 0 Å². The van der Waals surface area contributed by atoms with Crippen LogP contribution in [0.2, 0.25) is 0 Å². The highest BCUT2D eigenvalue weighted by molar-refractivity contribution is 5.76. The van der Waals surface area contributed by atoms with Crippen molar-refractivity contribution in [3.05, 3.63) is 48.8 Å². The van der Waals surface area contributed by atoms with E-state index in [0.29, 0.717) is 18.6 Å². The molecule has 144 valence electrons. The standard InChI is InChI=1S/C20H28N6O/c27-20(14-26-12-9-21-15-26)24-19-5-4-18(19)23-16-6-10-25(11-7-16)13-17-3-1-2-8-22-17/h1-3,8-9,12,15-16,18-19,23H,4-7,10-11,13-14H2,(H,24,27)/t18-,19+/m1/s1. The second kappa shape index (κ2) is 8.63. The van der Waals surface area contributed by atoms with Crippen molar-refractivity contribution in [1.82, 2.24) is 30.1 Å². The van der Waals surface area contributed by atoms with E-state index in [0.717, 1.165) is 51.0 Å². The van der Waals surface area contributed by atoms with Crippen molar-refractivity contribution in [2.24, 2.45) is 0 Å². The highest BCUT2D eigenvalue weighted by atomic mass is 16.2. The number of nitrogens with one attached hydrogen (secondary N) is 2. The summed E-state index contributed by atoms with van der Waals surface area (Å²) in [5.41, 5.74) is 1.14. The number of carbonyl (C=O) groups excluding carboxylic acids is 1. The van der Waals surface area contributed by atoms with Crippen molar-refractivity contribution in [3.8, 4) is 0 Å². The minimum Gasteiger partial charge on any atom is -0.350 e. The van der Waals surface area contributed by atoms with Gasteiger partial charge in [0.25, 0.3) is 0 Å². The zero-order chi connectivity index (χ0) is 18.5. The fourth-order valence-electron chi connectivity index (χ4n) is 3.95. The molecule has 7 nitrogen and oxygen atoms in total. The number of hydrogen-bond donors (Lipinski definition) is 2. The molecule has 2 atom stereocenters. The smallest absolute Gasteiger partial charge is 0.240 e. The van der Waals surface area contributed by atoms with E-state index in [4.69, 9.17) is 0 Å². The quantitative estimate of drug-likeness (QED) is 0.768. The van der Waals surface area contributed by atoms with Crippen molar-refractivity contribution in [1.29, 1.82) is 0 Å². The highest BCUT2D eigenvalue weighted by Gasteiger charge is 2.34. The third-order valence-corrected chi connectivity index (χ3v) is 5.66. The predicted octanol–water partition coefficient (Wildman–Crippen LogP) is 1.18. The van der Waals surface area contributed by atoms with Gasteiger partial charge < -0.3 is 15.2 Å². The van der Waals surface area contributed by atoms with E-state index in [9.17, 15) is 4.79 Å². The van der Waals surface area contributed by atoms with Gasteiger partial charge in [0.05, 0.1) is 12.0 Å². The van der Waals surface area contributed by atoms with Crippen molar-refractivity contribution in [2.45, 2.75) is 56.9 Å². The number of likely N-dealkylation sites (tertiary alicyclic amines) is 1. The van der Waals surface area contributed by atoms with Crippen molar-refractivity contribution in [3.63, 3.8) is 0 Å². The maximum Gasteiger partial charge on any atom is 0.240 e. The molecular weight excluding hydrogens is 340 g/mol. The van der Waals surface area contributed by atoms with E-state index in [1.807, 2.05) is 18.5 Å². The number of rotatable bonds is 7. The zero-order valence-corrected chi connectivity index (χ0v) is 15.6. The summed E-state index contributed by atoms with van der Waals surface area (Å²) in [6.45, 7) is 3.47. The summed E-state index contributed by atoms with van der Waals surface area (Å²) >= 11 is 0. The number of hydrogen-bond acceptors (Lipinski definition) is 5. The molecule has 1 saturated heterocycles. The van der Waals surface area contributed by atoms with Crippen LogP contribution in [0.1, 0.15) is 31.4 Å². The fraction of sp³-hybridized carbons (Fsp3) is 0.550. The van der Waals surface area contributed by atoms with Crippen molar-refractivity contribution < 1.29 is 4.79 Å². The largest absolute Gasteiger partial charge is 0.350 e. The molecule has 1 aliphatic carbocycles. The molecule has 7 heteroatoms. The Balaban J connectivity index is 1.17. The molecule has 1 saturated carbocycles. The first-order chi connectivity index (χ1) is 13.3. The van der Waals surface area contributed by atoms with Gasteiger partial charge in [-0.1, -0.05) is 6.07 Å². The summed E-state index contributed by atoms with van der Waals surface area (Å²) in [6.07, 6.45) is 11.6. The van der Waals surface area contributed by atoms with E-state index in [1.165, 1.54) is 0 Å². The Morgan fingerprint density at radius 1 is 1.11 bits per heavy atom. The molecule has 0 radical (unpaired) electrons. The summed E-state index contributed by atoms with van der Waals surface area (Å²) in [5.74, 6) is 0.0645. The van der Waals surface area contributed by atoms with E-state index in [2.05, 4.69) is 37.6 Å². The van der Waals surface area contributed by atoms with E-state index in [1.54, 1.807) is 17.1 Å². The molecule has 3 heterocycles. The van der Waals surface area contributed by atoms with Gasteiger partial charge >= 0.3 is 0 Å². The first kappa shape index (κ1) is 18.1. The van der Waals surface area contributed by atoms with Crippen LogP contribution < -0.4 is 10.6 Å². The maximum atomic E-state index is 12.2. The summed E-state index contributed by atoms with van der Waals surface area (Å²) < 4.78 is 1.80. The Hall–Kier alpha value is -2.25. The number of nitrogens with zero attached hydrogens (tertiary/aromatic N) is 4. The van der Waals surface area contributed by atoms with Crippen LogP contribution in [0.3, 0.4) is 0 Å². The molecule has 27 heavy (non-hydrogen) atoms. The fourth-order valence-corrected chi connectivity index (χ4v) is 3.95. The summed E-state index contributed by atoms with van der Waals surface area (Å²) in [4.78, 5) is 23.0. The van der Waals surface area contributed by atoms with Gasteiger partial charge in [-0.05, 0) is 37.8 Å². The topological polar surface area (TPSA) is 75.1 Å². The van der Waals surface area contributed by atoms with Gasteiger partial charge in [0.1, 0.15) is 6.54 Å². The Labute approximate surface area is 160 Å². The second-order valence-corrected chi connectivity index (χ2v) is 7.63. The van der Waals surface area contributed by atoms with Crippen LogP contribution in [0, 0.1) is 0 Å². The lowest BCUT2D eigenvalue weighted by atomic mass is 9.85. The first-order valence-electron chi connectivity index (χ1n) is 9.90. The molecule has 0 bridgehead atoms. The number of piperidine rings is 1. The minimum atomic E-state index is 0.0645. The van der Waals surface area contributed by atoms with Crippen LogP contribution in [0.5, 0.6) is 0 Å². The van der Waals surface area contributed by atoms with Gasteiger partial charge in [-0.15, -0.1) is 0 Å². The van der Waals surface area contributed by atoms with Gasteiger partial charge in [-0.3, -0.25) is 14.7 Å². The van der Waals surface area contributed by atoms with Crippen LogP contribution in [0.15, 0.2) is 43.1 Å². The summed E-state index contributed by atoms with van der Waals surface area (Å²) in [5, 5.41) is 6.94. The number of aromatic nitrogens is 3. The monoisotopic (exact) mass is 368 g/mol. The minimum absolute atomic E-state index is 0.0645. The zero-order valence-electron chi connectivity index (χ0n) is 15.6. The number of imidazole rings is 1. The first-order valence-corrected chi connectivity index (χ1v) is 9.90. The Morgan fingerprint density at radius 2 is 1.96 bits per heavy atom. The maximum absolute atomic E-state index is 12.2. The molecule has 2 N–H and O–H groups in total. The second-order valence-electron chi connectivity index (χ2n) is 7.63. The summed E-state index contributed by atoms with van der Waals surface area (Å²) in [7, 11) is 0. The van der Waals surface area contributed by atoms with E-state index >= 15 is 0 Å². The predicted molar refractivity (Wildman–Crippen MR) is 103 cm³/mol. The number of amides is 1. The van der Waals surface area contributed by atoms with Crippen LogP contribution in [-0.4, -0.2) is 56.6 Å². The molecule has 2 aromatic rings. The molecule has 2 aromatic heterocycles. The molecule has 1 amide bonds. The molecular formula is C20H28N6O. The molecule has 4 rings (SSSR count). The molecule has 0 spiro atoms. The molecule has 0 unspecified atom stereocenters. The Bertz CT molecular complexity index is 711. The Morgan fingerprint density at radius 3 is 2.63 bits per heavy atom. The Kier molecular flexibility index (Phi) is 5.79. The van der Waals surface area contributed by atoms with Crippen molar-refractivity contribution >= 4 is 5.91 Å². The SMILES string of the molecule is O=C(Cn1ccnc1)N[C@H]1CC[C@H]1NC1CCN(Cc2ccccn2)CC1. The third kappa shape index (κ3) is 4.93. The van der Waals surface area contributed by atoms with E-state index < -0.39 is 0 Å². The van der Waals surface area contributed by atoms with Gasteiger partial charge in [0.15, 0.2) is 0 Å². The molecule has 1 aliphatic heterocycles. The van der Waals surface area contributed by atoms with Gasteiger partial charge in [-0.25, -0.2) is 4.98 Å². The number of pyridine rings is 1. The van der Waals surface area contributed by atoms with Crippen LogP contribution in [0.4, 0.5) is 0 Å². The average molecular weight is 368 g/mol. The average Bonchev–Trinajstić information content (AvgIpc) is 3.18. The van der Waals surface area contributed by atoms with Crippen LogP contribution in [-0.2, 0) is 17.9 Å². The number of carbonyl (C=O) groups is 1. The molecule has 2 fully saturated rings. The lowest BCUT2D eigenvalue weighted by Crippen LogP contribution is -2.60. The lowest BCUT2D eigenvalue weighted by molar-refractivity contribution is -0.123. The third-order valence-electron chi connectivity index (χ3n) is 5.66. The normalized spacial score (nSPS) is 23.7. The summed E-state index contributed by atoms with van der Waals surface area (Å²) in [6, 6.07) is 7.31. The van der Waals surface area contributed by atoms with Crippen molar-refractivity contribution in [2.75, 3.05) is 13.1 Å². The highest BCUT2D eigenvalue weighted by Crippen LogP contribution is 2.23. The van der Waals surface area contributed by atoms with Crippen LogP contribution in [0.25, 0.3) is 0 Å². The van der Waals surface area contributed by atoms with E-state index in [-0.39, 0.29) is 11.9 Å². The molecule has 2 aliphatic rings. The molecule has 0 aromatic carbocycles. The van der Waals surface area contributed by atoms with Gasteiger partial charge in [0.2, 0.25) is 5.91 Å². The van der Waals surface area contributed by atoms with Gasteiger partial charge in [-0.2, -0.15) is 0 Å². The lowest BCUT2D eigenvalue weighted by Gasteiger charge is -2.42. The van der Waals surface area contributed by atoms with Gasteiger partial charge in [0, 0.05) is 56.4 Å².